The molecule has 2 aromatic rings. The molecule has 3 rings (SSSR count). The molecule has 0 aromatic heterocycles. The molecule has 2 aromatic carbocycles. The quantitative estimate of drug-likeness (QED) is 0.848. The predicted molar refractivity (Wildman–Crippen MR) is 90.2 cm³/mol. The van der Waals surface area contributed by atoms with E-state index in [4.69, 9.17) is 0 Å². The summed E-state index contributed by atoms with van der Waals surface area (Å²) in [5, 5.41) is 0. The van der Waals surface area contributed by atoms with Crippen LogP contribution in [0.3, 0.4) is 0 Å². The first-order valence-corrected chi connectivity index (χ1v) is 7.97. The molecule has 0 fully saturated rings. The molecule has 1 aliphatic carbocycles. The summed E-state index contributed by atoms with van der Waals surface area (Å²) in [4.78, 5) is 14.7. The Kier molecular flexibility index (Phi) is 4.12. The van der Waals surface area contributed by atoms with Crippen LogP contribution in [0.15, 0.2) is 48.5 Å². The zero-order chi connectivity index (χ0) is 15.7. The maximum Gasteiger partial charge on any atom is 0.167 e. The van der Waals surface area contributed by atoms with E-state index in [1.807, 2.05) is 18.2 Å². The van der Waals surface area contributed by atoms with Crippen molar-refractivity contribution in [2.45, 2.75) is 26.3 Å². The van der Waals surface area contributed by atoms with Gasteiger partial charge in [-0.1, -0.05) is 61.0 Å². The van der Waals surface area contributed by atoms with Gasteiger partial charge in [-0.05, 0) is 31.5 Å². The van der Waals surface area contributed by atoms with Gasteiger partial charge in [-0.3, -0.25) is 9.69 Å². The average molecular weight is 293 g/mol. The summed E-state index contributed by atoms with van der Waals surface area (Å²) in [5.41, 5.74) is 4.73. The lowest BCUT2D eigenvalue weighted by molar-refractivity contribution is 0.0877. The second-order valence-electron chi connectivity index (χ2n) is 6.40. The number of carbonyl (C=O) groups excluding carboxylic acids is 1. The van der Waals surface area contributed by atoms with Crippen molar-refractivity contribution in [2.24, 2.45) is 5.92 Å². The second kappa shape index (κ2) is 6.05. The first-order valence-electron chi connectivity index (χ1n) is 7.97. The molecule has 2 atom stereocenters. The molecule has 114 valence electrons. The van der Waals surface area contributed by atoms with Crippen molar-refractivity contribution >= 4 is 5.78 Å². The topological polar surface area (TPSA) is 20.3 Å². The summed E-state index contributed by atoms with van der Waals surface area (Å²) in [6.45, 7) is 5.12. The number of benzene rings is 2. The van der Waals surface area contributed by atoms with Gasteiger partial charge >= 0.3 is 0 Å². The van der Waals surface area contributed by atoms with Crippen LogP contribution in [-0.4, -0.2) is 24.3 Å². The molecule has 0 amide bonds. The van der Waals surface area contributed by atoms with E-state index < -0.39 is 0 Å². The molecular weight excluding hydrogens is 270 g/mol. The van der Waals surface area contributed by atoms with Gasteiger partial charge in [0.05, 0.1) is 0 Å². The van der Waals surface area contributed by atoms with E-state index >= 15 is 0 Å². The highest BCUT2D eigenvalue weighted by molar-refractivity contribution is 6.02. The van der Waals surface area contributed by atoms with Gasteiger partial charge in [-0.2, -0.15) is 0 Å². The van der Waals surface area contributed by atoms with Crippen molar-refractivity contribution in [3.05, 3.63) is 70.8 Å². The normalized spacial score (nSPS) is 20.5. The van der Waals surface area contributed by atoms with E-state index in [1.165, 1.54) is 16.7 Å². The fraction of sp³-hybridized carbons (Fsp3) is 0.350. The van der Waals surface area contributed by atoms with Crippen molar-refractivity contribution in [3.8, 4) is 0 Å². The van der Waals surface area contributed by atoms with Gasteiger partial charge in [0.2, 0.25) is 0 Å². The third-order valence-corrected chi connectivity index (χ3v) is 4.78. The standard InChI is InChI=1S/C20H23NO/c1-14-8-10-16(11-9-14)12-13-21(3)19-15(2)20(22)18-7-5-4-6-17(18)19/h4-11,15,19H,12-13H2,1-3H3. The number of ketones is 1. The minimum Gasteiger partial charge on any atom is -0.298 e. The smallest absolute Gasteiger partial charge is 0.167 e. The van der Waals surface area contributed by atoms with Gasteiger partial charge in [-0.15, -0.1) is 0 Å². The summed E-state index contributed by atoms with van der Waals surface area (Å²) >= 11 is 0. The summed E-state index contributed by atoms with van der Waals surface area (Å²) in [5.74, 6) is 0.322. The van der Waals surface area contributed by atoms with Crippen LogP contribution in [-0.2, 0) is 6.42 Å². The third kappa shape index (κ3) is 2.71. The second-order valence-corrected chi connectivity index (χ2v) is 6.40. The van der Waals surface area contributed by atoms with Crippen LogP contribution < -0.4 is 0 Å². The van der Waals surface area contributed by atoms with Crippen molar-refractivity contribution in [2.75, 3.05) is 13.6 Å². The van der Waals surface area contributed by atoms with Crippen molar-refractivity contribution in [3.63, 3.8) is 0 Å². The number of fused-ring (bicyclic) bond motifs is 1. The lowest BCUT2D eigenvalue weighted by Crippen LogP contribution is -2.30. The maximum atomic E-state index is 12.4. The highest BCUT2D eigenvalue weighted by Crippen LogP contribution is 2.39. The minimum absolute atomic E-state index is 0.0421. The first-order chi connectivity index (χ1) is 10.6. The van der Waals surface area contributed by atoms with E-state index in [9.17, 15) is 4.79 Å². The Balaban J connectivity index is 1.73. The number of Topliss-reactive ketones (excluding diaryl/α,β-unsaturated/α-hetero) is 1. The maximum absolute atomic E-state index is 12.4. The first kappa shape index (κ1) is 15.0. The SMILES string of the molecule is Cc1ccc(CCN(C)C2c3ccccc3C(=O)C2C)cc1. The Morgan fingerprint density at radius 3 is 2.45 bits per heavy atom. The van der Waals surface area contributed by atoms with Gasteiger partial charge in [0.25, 0.3) is 0 Å². The fourth-order valence-corrected chi connectivity index (χ4v) is 3.46. The summed E-state index contributed by atoms with van der Waals surface area (Å²) < 4.78 is 0. The average Bonchev–Trinajstić information content (AvgIpc) is 2.79. The van der Waals surface area contributed by atoms with Crippen LogP contribution in [0.25, 0.3) is 0 Å². The molecule has 0 spiro atoms. The van der Waals surface area contributed by atoms with Crippen LogP contribution in [0.5, 0.6) is 0 Å². The number of likely N-dealkylation sites (N-methyl/N-ethyl adjacent to an activating group) is 1. The molecule has 1 aliphatic rings. The van der Waals surface area contributed by atoms with E-state index in [1.54, 1.807) is 0 Å². The van der Waals surface area contributed by atoms with Crippen molar-refractivity contribution < 1.29 is 4.79 Å². The summed E-state index contributed by atoms with van der Waals surface area (Å²) in [7, 11) is 2.13. The fourth-order valence-electron chi connectivity index (χ4n) is 3.46. The highest BCUT2D eigenvalue weighted by atomic mass is 16.1. The third-order valence-electron chi connectivity index (χ3n) is 4.78. The van der Waals surface area contributed by atoms with Crippen LogP contribution in [0.4, 0.5) is 0 Å². The molecule has 22 heavy (non-hydrogen) atoms. The zero-order valence-corrected chi connectivity index (χ0v) is 13.5. The molecule has 0 heterocycles. The van der Waals surface area contributed by atoms with E-state index in [0.717, 1.165) is 18.5 Å². The lowest BCUT2D eigenvalue weighted by atomic mass is 10.00. The Morgan fingerprint density at radius 2 is 1.73 bits per heavy atom. The Morgan fingerprint density at radius 1 is 1.05 bits per heavy atom. The molecule has 2 heteroatoms. The molecule has 0 aliphatic heterocycles. The number of hydrogen-bond donors (Lipinski definition) is 0. The molecule has 0 bridgehead atoms. The van der Waals surface area contributed by atoms with Crippen LogP contribution in [0.1, 0.15) is 40.0 Å². The highest BCUT2D eigenvalue weighted by Gasteiger charge is 2.38. The Hall–Kier alpha value is -1.93. The van der Waals surface area contributed by atoms with Gasteiger partial charge < -0.3 is 0 Å². The van der Waals surface area contributed by atoms with Gasteiger partial charge in [0.1, 0.15) is 0 Å². The number of rotatable bonds is 4. The van der Waals surface area contributed by atoms with Crippen LogP contribution in [0, 0.1) is 12.8 Å². The monoisotopic (exact) mass is 293 g/mol. The molecule has 0 N–H and O–H groups in total. The van der Waals surface area contributed by atoms with Crippen molar-refractivity contribution in [1.82, 2.24) is 4.90 Å². The molecule has 0 radical (unpaired) electrons. The van der Waals surface area contributed by atoms with Crippen LogP contribution >= 0.6 is 0 Å². The largest absolute Gasteiger partial charge is 0.298 e. The van der Waals surface area contributed by atoms with Gasteiger partial charge in [-0.25, -0.2) is 0 Å². The van der Waals surface area contributed by atoms with Crippen molar-refractivity contribution in [1.29, 1.82) is 0 Å². The van der Waals surface area contributed by atoms with Crippen LogP contribution in [0.2, 0.25) is 0 Å². The molecular formula is C20H23NO. The lowest BCUT2D eigenvalue weighted by Gasteiger charge is -2.28. The summed E-state index contributed by atoms with van der Waals surface area (Å²) in [6.07, 6.45) is 1.01. The van der Waals surface area contributed by atoms with E-state index in [2.05, 4.69) is 56.1 Å². The number of carbonyl (C=O) groups is 1. The Bertz CT molecular complexity index is 674. The molecule has 2 unspecified atom stereocenters. The minimum atomic E-state index is 0.0421. The molecule has 0 saturated heterocycles. The molecule has 0 saturated carbocycles. The Labute approximate surface area is 132 Å². The number of aryl methyl sites for hydroxylation is 1. The summed E-state index contributed by atoms with van der Waals surface area (Å²) in [6, 6.07) is 17.0. The van der Waals surface area contributed by atoms with Gasteiger partial charge in [0.15, 0.2) is 5.78 Å². The predicted octanol–water partition coefficient (Wildman–Crippen LogP) is 4.04. The van der Waals surface area contributed by atoms with E-state index in [0.29, 0.717) is 0 Å². The van der Waals surface area contributed by atoms with E-state index in [-0.39, 0.29) is 17.7 Å². The zero-order valence-electron chi connectivity index (χ0n) is 13.5. The number of hydrogen-bond acceptors (Lipinski definition) is 2. The number of nitrogens with zero attached hydrogens (tertiary/aromatic N) is 1. The molecule has 2 nitrogen and oxygen atoms in total. The van der Waals surface area contributed by atoms with Gasteiger partial charge in [0, 0.05) is 24.1 Å².